The lowest BCUT2D eigenvalue weighted by molar-refractivity contribution is -0.116. The van der Waals surface area contributed by atoms with Crippen molar-refractivity contribution in [2.24, 2.45) is 0 Å². The van der Waals surface area contributed by atoms with Gasteiger partial charge in [0.25, 0.3) is 5.56 Å². The van der Waals surface area contributed by atoms with Crippen molar-refractivity contribution < 1.29 is 4.79 Å². The van der Waals surface area contributed by atoms with Crippen LogP contribution >= 0.6 is 22.9 Å². The van der Waals surface area contributed by atoms with Crippen LogP contribution in [0.1, 0.15) is 5.69 Å². The molecule has 0 spiro atoms. The van der Waals surface area contributed by atoms with Crippen molar-refractivity contribution in [3.63, 3.8) is 0 Å². The van der Waals surface area contributed by atoms with E-state index in [-0.39, 0.29) is 17.9 Å². The fourth-order valence-corrected chi connectivity index (χ4v) is 3.77. The molecule has 0 saturated carbocycles. The summed E-state index contributed by atoms with van der Waals surface area (Å²) >= 11 is 7.60. The first-order valence-corrected chi connectivity index (χ1v) is 9.33. The Morgan fingerprint density at radius 2 is 1.93 bits per heavy atom. The maximum Gasteiger partial charge on any atom is 0.280 e. The highest BCUT2D eigenvalue weighted by Gasteiger charge is 2.12. The predicted molar refractivity (Wildman–Crippen MR) is 107 cm³/mol. The summed E-state index contributed by atoms with van der Waals surface area (Å²) in [6, 6.07) is 14.4. The van der Waals surface area contributed by atoms with Crippen molar-refractivity contribution in [2.45, 2.75) is 6.42 Å². The van der Waals surface area contributed by atoms with Crippen LogP contribution in [0.4, 0.5) is 0 Å². The second-order valence-corrected chi connectivity index (χ2v) is 7.04. The molecule has 1 N–H and O–H groups in total. The number of nitrogens with zero attached hydrogens (tertiary/aromatic N) is 3. The minimum Gasteiger partial charge on any atom is -0.273 e. The summed E-state index contributed by atoms with van der Waals surface area (Å²) in [7, 11) is 0. The number of aromatic nitrogens is 3. The first-order valence-electron chi connectivity index (χ1n) is 8.07. The van der Waals surface area contributed by atoms with Crippen molar-refractivity contribution in [3.05, 3.63) is 81.3 Å². The zero-order valence-corrected chi connectivity index (χ0v) is 15.5. The number of hydrogen-bond acceptors (Lipinski definition) is 5. The maximum atomic E-state index is 12.4. The third-order valence-electron chi connectivity index (χ3n) is 3.91. The molecule has 0 fully saturated rings. The van der Waals surface area contributed by atoms with E-state index in [4.69, 9.17) is 11.6 Å². The highest BCUT2D eigenvalue weighted by Crippen LogP contribution is 2.30. The molecule has 4 aromatic rings. The zero-order valence-electron chi connectivity index (χ0n) is 13.9. The first kappa shape index (κ1) is 17.4. The largest absolute Gasteiger partial charge is 0.280 e. The number of halogens is 1. The Morgan fingerprint density at radius 1 is 1.15 bits per heavy atom. The molecule has 0 aliphatic heterocycles. The van der Waals surface area contributed by atoms with Gasteiger partial charge in [0.05, 0.1) is 28.0 Å². The van der Waals surface area contributed by atoms with Crippen LogP contribution in [0.25, 0.3) is 21.5 Å². The Kier molecular flexibility index (Phi) is 4.70. The van der Waals surface area contributed by atoms with Crippen LogP contribution in [-0.4, -0.2) is 20.6 Å². The Labute approximate surface area is 163 Å². The number of carbonyl (C=O) groups excluding carboxylic acids is 1. The van der Waals surface area contributed by atoms with E-state index in [1.54, 1.807) is 35.7 Å². The van der Waals surface area contributed by atoms with Crippen LogP contribution in [0.15, 0.2) is 65.0 Å². The number of thiazole rings is 1. The van der Waals surface area contributed by atoms with Crippen LogP contribution in [0.5, 0.6) is 0 Å². The number of para-hydroxylation sites is 1. The van der Waals surface area contributed by atoms with Gasteiger partial charge in [-0.05, 0) is 18.2 Å². The summed E-state index contributed by atoms with van der Waals surface area (Å²) in [5, 5.41) is 3.60. The van der Waals surface area contributed by atoms with E-state index in [1.165, 1.54) is 17.7 Å². The molecule has 2 aromatic heterocycles. The molecule has 0 aliphatic rings. The molecule has 0 bridgehead atoms. The average molecular weight is 397 g/mol. The molecule has 0 saturated heterocycles. The highest BCUT2D eigenvalue weighted by atomic mass is 35.5. The number of amides is 1. The molecule has 4 rings (SSSR count). The molecule has 0 radical (unpaired) electrons. The number of nitrogens with one attached hydrogen (secondary N) is 1. The quantitative estimate of drug-likeness (QED) is 0.573. The molecule has 0 atom stereocenters. The summed E-state index contributed by atoms with van der Waals surface area (Å²) < 4.78 is 1.09. The van der Waals surface area contributed by atoms with E-state index in [9.17, 15) is 9.59 Å². The fraction of sp³-hybridized carbons (Fsp3) is 0.0526. The Hall–Kier alpha value is -3.03. The average Bonchev–Trinajstić information content (AvgIpc) is 3.12. The number of carbonyl (C=O) groups is 1. The monoisotopic (exact) mass is 396 g/mol. The Morgan fingerprint density at radius 3 is 2.78 bits per heavy atom. The van der Waals surface area contributed by atoms with Gasteiger partial charge < -0.3 is 0 Å². The molecule has 0 aliphatic carbocycles. The molecule has 6 nitrogen and oxygen atoms in total. The normalized spacial score (nSPS) is 10.9. The van der Waals surface area contributed by atoms with Crippen molar-refractivity contribution in [1.29, 1.82) is 0 Å². The second-order valence-electron chi connectivity index (χ2n) is 5.77. The van der Waals surface area contributed by atoms with Crippen molar-refractivity contribution >= 4 is 39.7 Å². The van der Waals surface area contributed by atoms with Crippen LogP contribution in [0.3, 0.4) is 0 Å². The van der Waals surface area contributed by atoms with Crippen LogP contribution in [0, 0.1) is 0 Å². The van der Waals surface area contributed by atoms with Crippen molar-refractivity contribution in [2.75, 3.05) is 5.43 Å². The van der Waals surface area contributed by atoms with E-state index in [0.717, 1.165) is 15.2 Å². The van der Waals surface area contributed by atoms with Gasteiger partial charge in [-0.1, -0.05) is 41.9 Å². The van der Waals surface area contributed by atoms with E-state index in [2.05, 4.69) is 15.4 Å². The Balaban J connectivity index is 1.52. The second kappa shape index (κ2) is 7.30. The van der Waals surface area contributed by atoms with E-state index in [0.29, 0.717) is 21.6 Å². The van der Waals surface area contributed by atoms with Crippen molar-refractivity contribution in [3.8, 4) is 10.6 Å². The van der Waals surface area contributed by atoms with Crippen LogP contribution in [0.2, 0.25) is 5.02 Å². The number of benzene rings is 2. The van der Waals surface area contributed by atoms with Gasteiger partial charge in [0, 0.05) is 10.9 Å². The van der Waals surface area contributed by atoms with Gasteiger partial charge in [-0.2, -0.15) is 0 Å². The smallest absolute Gasteiger partial charge is 0.273 e. The predicted octanol–water partition coefficient (Wildman–Crippen LogP) is 3.49. The van der Waals surface area contributed by atoms with Crippen LogP contribution < -0.4 is 11.0 Å². The minimum absolute atomic E-state index is 0.0419. The summed E-state index contributed by atoms with van der Waals surface area (Å²) in [4.78, 5) is 33.4. The highest BCUT2D eigenvalue weighted by molar-refractivity contribution is 7.13. The zero-order chi connectivity index (χ0) is 18.8. The third kappa shape index (κ3) is 3.60. The van der Waals surface area contributed by atoms with Gasteiger partial charge in [-0.25, -0.2) is 14.6 Å². The lowest BCUT2D eigenvalue weighted by Gasteiger charge is -2.07. The first-order chi connectivity index (χ1) is 13.1. The van der Waals surface area contributed by atoms with Gasteiger partial charge in [-0.3, -0.25) is 15.0 Å². The van der Waals surface area contributed by atoms with Gasteiger partial charge in [0.1, 0.15) is 11.3 Å². The molecular formula is C19H13ClN4O2S. The number of hydrogen-bond donors (Lipinski definition) is 1. The molecule has 2 aromatic carbocycles. The SMILES string of the molecule is O=C(Cc1csc(-c2ccccc2Cl)n1)Nn1cnc2ccccc2c1=O. The van der Waals surface area contributed by atoms with Gasteiger partial charge in [-0.15, -0.1) is 11.3 Å². The standard InChI is InChI=1S/C19H13ClN4O2S/c20-15-7-3-1-5-13(15)18-22-12(10-27-18)9-17(25)23-24-11-21-16-8-4-2-6-14(16)19(24)26/h1-8,10-11H,9H2,(H,23,25). The van der Waals surface area contributed by atoms with Gasteiger partial charge in [0.2, 0.25) is 5.91 Å². The summed E-state index contributed by atoms with van der Waals surface area (Å²) in [6.45, 7) is 0. The lowest BCUT2D eigenvalue weighted by atomic mass is 10.2. The lowest BCUT2D eigenvalue weighted by Crippen LogP contribution is -2.34. The van der Waals surface area contributed by atoms with Gasteiger partial charge >= 0.3 is 0 Å². The molecule has 27 heavy (non-hydrogen) atoms. The molecule has 0 unspecified atom stereocenters. The van der Waals surface area contributed by atoms with Crippen LogP contribution in [-0.2, 0) is 11.2 Å². The molecule has 2 heterocycles. The van der Waals surface area contributed by atoms with E-state index >= 15 is 0 Å². The molecule has 134 valence electrons. The van der Waals surface area contributed by atoms with Gasteiger partial charge in [0.15, 0.2) is 0 Å². The van der Waals surface area contributed by atoms with E-state index < -0.39 is 0 Å². The molecule has 8 heteroatoms. The summed E-state index contributed by atoms with van der Waals surface area (Å²) in [5.41, 5.74) is 4.23. The fourth-order valence-electron chi connectivity index (χ4n) is 2.63. The number of fused-ring (bicyclic) bond motifs is 1. The minimum atomic E-state index is -0.356. The number of rotatable bonds is 4. The summed E-state index contributed by atoms with van der Waals surface area (Å²) in [6.07, 6.45) is 1.35. The Bertz CT molecular complexity index is 1200. The summed E-state index contributed by atoms with van der Waals surface area (Å²) in [5.74, 6) is -0.356. The third-order valence-corrected chi connectivity index (χ3v) is 5.16. The molecule has 1 amide bonds. The maximum absolute atomic E-state index is 12.4. The van der Waals surface area contributed by atoms with Crippen molar-refractivity contribution in [1.82, 2.24) is 14.6 Å². The topological polar surface area (TPSA) is 76.9 Å². The van der Waals surface area contributed by atoms with E-state index in [1.807, 2.05) is 18.2 Å². The molecular weight excluding hydrogens is 384 g/mol.